The Morgan fingerprint density at radius 2 is 1.89 bits per heavy atom. The Morgan fingerprint density at radius 3 is 2.68 bits per heavy atom. The molecule has 4 nitrogen and oxygen atoms in total. The normalized spacial score (nSPS) is 10.8. The van der Waals surface area contributed by atoms with Crippen LogP contribution in [0.25, 0.3) is 17.4 Å². The third-order valence-electron chi connectivity index (χ3n) is 3.56. The van der Waals surface area contributed by atoms with Crippen molar-refractivity contribution in [3.8, 4) is 11.3 Å². The summed E-state index contributed by atoms with van der Waals surface area (Å²) in [5.74, 6) is 0.0983. The first-order valence-electron chi connectivity index (χ1n) is 8.02. The Morgan fingerprint density at radius 1 is 1.11 bits per heavy atom. The summed E-state index contributed by atoms with van der Waals surface area (Å²) >= 11 is 17.2. The van der Waals surface area contributed by atoms with E-state index in [1.54, 1.807) is 36.4 Å². The van der Waals surface area contributed by atoms with Gasteiger partial charge in [0.1, 0.15) is 17.3 Å². The number of halogens is 3. The quantitative estimate of drug-likeness (QED) is 0.395. The van der Waals surface area contributed by atoms with Crippen LogP contribution in [0.5, 0.6) is 0 Å². The number of thiocarbonyl (C=S) groups is 1. The van der Waals surface area contributed by atoms with E-state index in [0.717, 1.165) is 0 Å². The van der Waals surface area contributed by atoms with Crippen LogP contribution in [0.3, 0.4) is 0 Å². The minimum absolute atomic E-state index is 0.0473. The van der Waals surface area contributed by atoms with Crippen LogP contribution in [0.15, 0.2) is 65.1 Å². The number of carbonyl (C=O) groups excluding carboxylic acids is 1. The lowest BCUT2D eigenvalue weighted by atomic mass is 10.2. The van der Waals surface area contributed by atoms with Gasteiger partial charge in [-0.3, -0.25) is 10.1 Å². The number of hydrogen-bond acceptors (Lipinski definition) is 3. The van der Waals surface area contributed by atoms with Crippen LogP contribution in [0.1, 0.15) is 5.76 Å². The van der Waals surface area contributed by atoms with Gasteiger partial charge in [-0.2, -0.15) is 0 Å². The van der Waals surface area contributed by atoms with Crippen molar-refractivity contribution in [1.82, 2.24) is 5.32 Å². The molecule has 0 atom stereocenters. The molecule has 2 aromatic carbocycles. The Labute approximate surface area is 176 Å². The lowest BCUT2D eigenvalue weighted by Crippen LogP contribution is -2.32. The number of furan rings is 1. The average molecular weight is 435 g/mol. The monoisotopic (exact) mass is 434 g/mol. The van der Waals surface area contributed by atoms with E-state index in [0.29, 0.717) is 32.8 Å². The highest BCUT2D eigenvalue weighted by Crippen LogP contribution is 2.34. The van der Waals surface area contributed by atoms with Gasteiger partial charge in [-0.1, -0.05) is 35.3 Å². The second-order valence-electron chi connectivity index (χ2n) is 5.59. The summed E-state index contributed by atoms with van der Waals surface area (Å²) < 4.78 is 18.8. The van der Waals surface area contributed by atoms with E-state index in [9.17, 15) is 9.18 Å². The molecule has 8 heteroatoms. The van der Waals surface area contributed by atoms with Crippen molar-refractivity contribution in [3.05, 3.63) is 82.3 Å². The first-order chi connectivity index (χ1) is 13.4. The first kappa shape index (κ1) is 20.1. The molecule has 28 heavy (non-hydrogen) atoms. The van der Waals surface area contributed by atoms with Crippen molar-refractivity contribution in [2.45, 2.75) is 0 Å². The lowest BCUT2D eigenvalue weighted by Gasteiger charge is -2.07. The zero-order chi connectivity index (χ0) is 20.1. The largest absolute Gasteiger partial charge is 0.457 e. The van der Waals surface area contributed by atoms with Gasteiger partial charge in [-0.15, -0.1) is 0 Å². The average Bonchev–Trinajstić information content (AvgIpc) is 3.11. The van der Waals surface area contributed by atoms with E-state index in [2.05, 4.69) is 10.6 Å². The fourth-order valence-corrected chi connectivity index (χ4v) is 2.93. The molecule has 0 radical (unpaired) electrons. The van der Waals surface area contributed by atoms with Crippen molar-refractivity contribution in [2.75, 3.05) is 5.32 Å². The topological polar surface area (TPSA) is 54.3 Å². The highest BCUT2D eigenvalue weighted by molar-refractivity contribution is 7.80. The van der Waals surface area contributed by atoms with E-state index >= 15 is 0 Å². The number of hydrogen-bond donors (Lipinski definition) is 2. The van der Waals surface area contributed by atoms with Gasteiger partial charge in [0.2, 0.25) is 5.91 Å². The number of benzene rings is 2. The first-order valence-corrected chi connectivity index (χ1v) is 9.18. The molecular formula is C20H13Cl2FN2O2S. The molecule has 3 rings (SSSR count). The fraction of sp³-hybridized carbons (Fsp3) is 0. The second kappa shape index (κ2) is 9.01. The zero-order valence-corrected chi connectivity index (χ0v) is 16.5. The molecule has 1 amide bonds. The van der Waals surface area contributed by atoms with Gasteiger partial charge in [0.05, 0.1) is 10.0 Å². The summed E-state index contributed by atoms with van der Waals surface area (Å²) in [7, 11) is 0. The van der Waals surface area contributed by atoms with E-state index in [1.165, 1.54) is 30.4 Å². The van der Waals surface area contributed by atoms with Crippen LogP contribution in [-0.4, -0.2) is 11.0 Å². The number of carbonyl (C=O) groups is 1. The van der Waals surface area contributed by atoms with Crippen LogP contribution >= 0.6 is 35.4 Å². The van der Waals surface area contributed by atoms with Gasteiger partial charge < -0.3 is 9.73 Å². The SMILES string of the molecule is O=C(C=Cc1ccc(-c2cccc(Cl)c2Cl)o1)NC(=S)Nc1cccc(F)c1. The summed E-state index contributed by atoms with van der Waals surface area (Å²) in [4.78, 5) is 12.0. The third-order valence-corrected chi connectivity index (χ3v) is 4.59. The summed E-state index contributed by atoms with van der Waals surface area (Å²) in [5.41, 5.74) is 1.09. The maximum Gasteiger partial charge on any atom is 0.250 e. The summed E-state index contributed by atoms with van der Waals surface area (Å²) in [5, 5.41) is 6.05. The van der Waals surface area contributed by atoms with E-state index in [-0.39, 0.29) is 5.11 Å². The molecule has 0 aliphatic rings. The molecule has 0 spiro atoms. The molecular weight excluding hydrogens is 422 g/mol. The Kier molecular flexibility index (Phi) is 6.46. The standard InChI is InChI=1S/C20H13Cl2FN2O2S/c21-16-6-2-5-15(19(16)22)17-9-7-14(27-17)8-10-18(26)25-20(28)24-13-4-1-3-12(23)11-13/h1-11H,(H2,24,25,26,28). The Balaban J connectivity index is 1.61. The summed E-state index contributed by atoms with van der Waals surface area (Å²) in [6.45, 7) is 0. The molecule has 0 saturated carbocycles. The zero-order valence-electron chi connectivity index (χ0n) is 14.2. The predicted octanol–water partition coefficient (Wildman–Crippen LogP) is 5.92. The number of anilines is 1. The molecule has 0 aliphatic heterocycles. The number of nitrogens with one attached hydrogen (secondary N) is 2. The van der Waals surface area contributed by atoms with E-state index in [4.69, 9.17) is 39.8 Å². The summed E-state index contributed by atoms with van der Waals surface area (Å²) in [6.07, 6.45) is 2.75. The van der Waals surface area contributed by atoms with Gasteiger partial charge in [0.25, 0.3) is 0 Å². The molecule has 0 bridgehead atoms. The summed E-state index contributed by atoms with van der Waals surface area (Å²) in [6, 6.07) is 14.4. The van der Waals surface area contributed by atoms with Crippen molar-refractivity contribution in [1.29, 1.82) is 0 Å². The molecule has 142 valence electrons. The Bertz CT molecular complexity index is 1070. The van der Waals surface area contributed by atoms with Crippen molar-refractivity contribution in [2.24, 2.45) is 0 Å². The van der Waals surface area contributed by atoms with Crippen LogP contribution in [0, 0.1) is 5.82 Å². The van der Waals surface area contributed by atoms with Gasteiger partial charge in [-0.25, -0.2) is 4.39 Å². The van der Waals surface area contributed by atoms with Crippen LogP contribution in [0.4, 0.5) is 10.1 Å². The molecule has 0 fully saturated rings. The van der Waals surface area contributed by atoms with Crippen molar-refractivity contribution in [3.63, 3.8) is 0 Å². The Hall–Kier alpha value is -2.67. The van der Waals surface area contributed by atoms with Crippen molar-refractivity contribution >= 4 is 58.2 Å². The van der Waals surface area contributed by atoms with Gasteiger partial charge in [0, 0.05) is 17.3 Å². The van der Waals surface area contributed by atoms with Gasteiger partial charge >= 0.3 is 0 Å². The second-order valence-corrected chi connectivity index (χ2v) is 6.78. The van der Waals surface area contributed by atoms with Crippen LogP contribution in [0.2, 0.25) is 10.0 Å². The molecule has 1 heterocycles. The highest BCUT2D eigenvalue weighted by Gasteiger charge is 2.10. The molecule has 2 N–H and O–H groups in total. The van der Waals surface area contributed by atoms with Crippen LogP contribution in [-0.2, 0) is 4.79 Å². The molecule has 1 aromatic heterocycles. The maximum atomic E-state index is 13.2. The molecule has 0 aliphatic carbocycles. The van der Waals surface area contributed by atoms with Gasteiger partial charge in [-0.05, 0) is 60.8 Å². The molecule has 3 aromatic rings. The maximum absolute atomic E-state index is 13.2. The fourth-order valence-electron chi connectivity index (χ4n) is 2.32. The van der Waals surface area contributed by atoms with Gasteiger partial charge in [0.15, 0.2) is 5.11 Å². The van der Waals surface area contributed by atoms with Crippen LogP contribution < -0.4 is 10.6 Å². The predicted molar refractivity (Wildman–Crippen MR) is 114 cm³/mol. The van der Waals surface area contributed by atoms with Crippen molar-refractivity contribution < 1.29 is 13.6 Å². The minimum Gasteiger partial charge on any atom is -0.457 e. The smallest absolute Gasteiger partial charge is 0.250 e. The van der Waals surface area contributed by atoms with E-state index < -0.39 is 11.7 Å². The van der Waals surface area contributed by atoms with E-state index in [1.807, 2.05) is 0 Å². The molecule has 0 saturated heterocycles. The molecule has 0 unspecified atom stereocenters. The third kappa shape index (κ3) is 5.19. The number of amides is 1. The number of rotatable bonds is 4. The lowest BCUT2D eigenvalue weighted by molar-refractivity contribution is -0.115. The minimum atomic E-state index is -0.465. The highest BCUT2D eigenvalue weighted by atomic mass is 35.5.